The molecule has 1 amide bonds. The molecular weight excluding hydrogens is 285 g/mol. The maximum atomic E-state index is 12.4. The van der Waals surface area contributed by atoms with Gasteiger partial charge in [-0.2, -0.15) is 0 Å². The fourth-order valence-electron chi connectivity index (χ4n) is 2.49. The Hall–Kier alpha value is -0.870. The van der Waals surface area contributed by atoms with Crippen LogP contribution in [0, 0.1) is 5.92 Å². The van der Waals surface area contributed by atoms with Gasteiger partial charge in [-0.15, -0.1) is 10.2 Å². The third-order valence-corrected chi connectivity index (χ3v) is 4.27. The van der Waals surface area contributed by atoms with Crippen LogP contribution in [0.15, 0.2) is 6.07 Å². The van der Waals surface area contributed by atoms with E-state index in [1.807, 2.05) is 7.05 Å². The molecular formula is C13H17Cl2N3O. The van der Waals surface area contributed by atoms with Crippen LogP contribution in [0.3, 0.4) is 0 Å². The second-order valence-electron chi connectivity index (χ2n) is 5.20. The largest absolute Gasteiger partial charge is 0.339 e. The van der Waals surface area contributed by atoms with Gasteiger partial charge in [-0.25, -0.2) is 0 Å². The molecule has 1 aromatic heterocycles. The summed E-state index contributed by atoms with van der Waals surface area (Å²) >= 11 is 11.7. The minimum Gasteiger partial charge on any atom is -0.339 e. The maximum Gasteiger partial charge on any atom is 0.257 e. The van der Waals surface area contributed by atoms with Crippen LogP contribution >= 0.6 is 23.2 Å². The van der Waals surface area contributed by atoms with Crippen molar-refractivity contribution >= 4 is 29.1 Å². The maximum absolute atomic E-state index is 12.4. The normalized spacial score (nSPS) is 23.2. The monoisotopic (exact) mass is 301 g/mol. The van der Waals surface area contributed by atoms with E-state index in [1.165, 1.54) is 6.07 Å². The lowest BCUT2D eigenvalue weighted by Gasteiger charge is -2.33. The number of rotatable bonds is 2. The minimum atomic E-state index is -0.138. The van der Waals surface area contributed by atoms with Gasteiger partial charge in [0.05, 0.1) is 5.56 Å². The molecule has 1 saturated carbocycles. The molecule has 1 fully saturated rings. The van der Waals surface area contributed by atoms with Crippen molar-refractivity contribution in [1.82, 2.24) is 15.1 Å². The van der Waals surface area contributed by atoms with E-state index >= 15 is 0 Å². The average Bonchev–Trinajstić information content (AvgIpc) is 2.41. The van der Waals surface area contributed by atoms with Crippen molar-refractivity contribution < 1.29 is 4.79 Å². The Morgan fingerprint density at radius 1 is 1.26 bits per heavy atom. The second kappa shape index (κ2) is 6.06. The van der Waals surface area contributed by atoms with E-state index < -0.39 is 0 Å². The molecule has 1 aliphatic rings. The number of hydrogen-bond acceptors (Lipinski definition) is 3. The molecule has 0 radical (unpaired) electrons. The summed E-state index contributed by atoms with van der Waals surface area (Å²) in [6.45, 7) is 2.25. The van der Waals surface area contributed by atoms with Crippen LogP contribution in [-0.2, 0) is 0 Å². The lowest BCUT2D eigenvalue weighted by atomic mass is 9.86. The Morgan fingerprint density at radius 3 is 2.53 bits per heavy atom. The molecule has 0 N–H and O–H groups in total. The van der Waals surface area contributed by atoms with Crippen molar-refractivity contribution in [2.24, 2.45) is 5.92 Å². The summed E-state index contributed by atoms with van der Waals surface area (Å²) in [7, 11) is 1.81. The van der Waals surface area contributed by atoms with Crippen LogP contribution in [-0.4, -0.2) is 34.1 Å². The number of halogens is 2. The molecule has 0 spiro atoms. The summed E-state index contributed by atoms with van der Waals surface area (Å²) in [5.74, 6) is 0.613. The first-order valence-corrected chi connectivity index (χ1v) is 7.20. The van der Waals surface area contributed by atoms with Gasteiger partial charge in [0.25, 0.3) is 5.91 Å². The van der Waals surface area contributed by atoms with E-state index in [9.17, 15) is 4.79 Å². The molecule has 0 aliphatic heterocycles. The van der Waals surface area contributed by atoms with E-state index in [0.29, 0.717) is 5.56 Å². The Kier molecular flexibility index (Phi) is 4.63. The van der Waals surface area contributed by atoms with E-state index in [2.05, 4.69) is 17.1 Å². The van der Waals surface area contributed by atoms with E-state index in [-0.39, 0.29) is 22.3 Å². The topological polar surface area (TPSA) is 46.1 Å². The molecule has 0 bridgehead atoms. The van der Waals surface area contributed by atoms with Gasteiger partial charge in [-0.05, 0) is 37.7 Å². The van der Waals surface area contributed by atoms with Crippen LogP contribution in [0.25, 0.3) is 0 Å². The molecule has 1 aliphatic carbocycles. The highest BCUT2D eigenvalue weighted by Crippen LogP contribution is 2.28. The molecule has 0 aromatic carbocycles. The molecule has 4 nitrogen and oxygen atoms in total. The quantitative estimate of drug-likeness (QED) is 0.840. The number of hydrogen-bond donors (Lipinski definition) is 0. The summed E-state index contributed by atoms with van der Waals surface area (Å²) < 4.78 is 0. The Morgan fingerprint density at radius 2 is 1.89 bits per heavy atom. The zero-order chi connectivity index (χ0) is 14.0. The first-order chi connectivity index (χ1) is 8.99. The van der Waals surface area contributed by atoms with Gasteiger partial charge in [0.2, 0.25) is 0 Å². The van der Waals surface area contributed by atoms with Gasteiger partial charge >= 0.3 is 0 Å². The van der Waals surface area contributed by atoms with Crippen LogP contribution in [0.1, 0.15) is 43.0 Å². The van der Waals surface area contributed by atoms with Gasteiger partial charge < -0.3 is 4.90 Å². The summed E-state index contributed by atoms with van der Waals surface area (Å²) in [4.78, 5) is 14.2. The Balaban J connectivity index is 2.12. The summed E-state index contributed by atoms with van der Waals surface area (Å²) in [6, 6.07) is 1.74. The smallest absolute Gasteiger partial charge is 0.257 e. The number of nitrogens with zero attached hydrogens (tertiary/aromatic N) is 3. The molecule has 104 valence electrons. The molecule has 1 heterocycles. The van der Waals surface area contributed by atoms with Crippen molar-refractivity contribution in [3.8, 4) is 0 Å². The van der Waals surface area contributed by atoms with Gasteiger partial charge in [-0.1, -0.05) is 30.1 Å². The number of carbonyl (C=O) groups is 1. The highest BCUT2D eigenvalue weighted by Gasteiger charge is 2.27. The SMILES string of the molecule is CC1CCC(N(C)C(=O)c2cc(Cl)nnc2Cl)CC1. The summed E-state index contributed by atoms with van der Waals surface area (Å²) in [6.07, 6.45) is 4.39. The van der Waals surface area contributed by atoms with Gasteiger partial charge in [-0.3, -0.25) is 4.79 Å². The predicted molar refractivity (Wildman–Crippen MR) is 75.6 cm³/mol. The molecule has 1 aromatic rings. The minimum absolute atomic E-state index is 0.102. The van der Waals surface area contributed by atoms with Crippen molar-refractivity contribution in [2.75, 3.05) is 7.05 Å². The lowest BCUT2D eigenvalue weighted by Crippen LogP contribution is -2.39. The van der Waals surface area contributed by atoms with Crippen LogP contribution in [0.5, 0.6) is 0 Å². The standard InChI is InChI=1S/C13H17Cl2N3O/c1-8-3-5-9(6-4-8)18(2)13(19)10-7-11(14)16-17-12(10)15/h7-9H,3-6H2,1-2H3. The number of amides is 1. The van der Waals surface area contributed by atoms with Crippen molar-refractivity contribution in [3.05, 3.63) is 21.9 Å². The van der Waals surface area contributed by atoms with Gasteiger partial charge in [0.1, 0.15) is 0 Å². The van der Waals surface area contributed by atoms with Crippen LogP contribution in [0.2, 0.25) is 10.3 Å². The van der Waals surface area contributed by atoms with Crippen molar-refractivity contribution in [2.45, 2.75) is 38.6 Å². The van der Waals surface area contributed by atoms with Gasteiger partial charge in [0.15, 0.2) is 10.3 Å². The zero-order valence-corrected chi connectivity index (χ0v) is 12.6. The number of carbonyl (C=O) groups excluding carboxylic acids is 1. The Labute approximate surface area is 123 Å². The average molecular weight is 302 g/mol. The fraction of sp³-hybridized carbons (Fsp3) is 0.615. The molecule has 0 unspecified atom stereocenters. The highest BCUT2D eigenvalue weighted by molar-refractivity contribution is 6.34. The Bertz CT molecular complexity index is 473. The first-order valence-electron chi connectivity index (χ1n) is 6.45. The fourth-order valence-corrected chi connectivity index (χ4v) is 2.81. The molecule has 0 atom stereocenters. The molecule has 19 heavy (non-hydrogen) atoms. The second-order valence-corrected chi connectivity index (χ2v) is 5.95. The van der Waals surface area contributed by atoms with E-state index in [1.54, 1.807) is 4.90 Å². The summed E-state index contributed by atoms with van der Waals surface area (Å²) in [5.41, 5.74) is 0.322. The third-order valence-electron chi connectivity index (χ3n) is 3.80. The van der Waals surface area contributed by atoms with E-state index in [4.69, 9.17) is 23.2 Å². The van der Waals surface area contributed by atoms with Crippen molar-refractivity contribution in [3.63, 3.8) is 0 Å². The third kappa shape index (κ3) is 3.37. The highest BCUT2D eigenvalue weighted by atomic mass is 35.5. The summed E-state index contributed by atoms with van der Waals surface area (Å²) in [5, 5.41) is 7.57. The lowest BCUT2D eigenvalue weighted by molar-refractivity contribution is 0.0679. The van der Waals surface area contributed by atoms with Gasteiger partial charge in [0, 0.05) is 13.1 Å². The zero-order valence-electron chi connectivity index (χ0n) is 11.1. The van der Waals surface area contributed by atoms with E-state index in [0.717, 1.165) is 31.6 Å². The number of aromatic nitrogens is 2. The molecule has 6 heteroatoms. The van der Waals surface area contributed by atoms with Crippen LogP contribution < -0.4 is 0 Å². The van der Waals surface area contributed by atoms with Crippen molar-refractivity contribution in [1.29, 1.82) is 0 Å². The van der Waals surface area contributed by atoms with Crippen LogP contribution in [0.4, 0.5) is 0 Å². The molecule has 0 saturated heterocycles. The first kappa shape index (κ1) is 14.5. The molecule has 2 rings (SSSR count). The predicted octanol–water partition coefficient (Wildman–Crippen LogP) is 3.43.